The molecule has 0 aliphatic carbocycles. The second kappa shape index (κ2) is 7.44. The van der Waals surface area contributed by atoms with Crippen LogP contribution in [0.2, 0.25) is 0 Å². The number of carbonyl (C=O) groups is 2. The molecule has 2 rings (SSSR count). The SMILES string of the molecule is CCC(C)C(=O)NNC(=O)c1cc(-c2ccc(OC)cc2)n[nH]1. The fourth-order valence-electron chi connectivity index (χ4n) is 1.84. The first-order valence-corrected chi connectivity index (χ1v) is 7.35. The molecule has 1 atom stereocenters. The molecule has 0 saturated carbocycles. The third kappa shape index (κ3) is 4.09. The first-order valence-electron chi connectivity index (χ1n) is 7.35. The summed E-state index contributed by atoms with van der Waals surface area (Å²) in [6.45, 7) is 3.70. The number of hydrogen-bond donors (Lipinski definition) is 3. The third-order valence-electron chi connectivity index (χ3n) is 3.57. The molecule has 2 amide bonds. The molecule has 0 aliphatic heterocycles. The first-order chi connectivity index (χ1) is 11.0. The highest BCUT2D eigenvalue weighted by atomic mass is 16.5. The number of aromatic amines is 1. The van der Waals surface area contributed by atoms with E-state index >= 15 is 0 Å². The number of H-pyrrole nitrogens is 1. The summed E-state index contributed by atoms with van der Waals surface area (Å²) in [5.41, 5.74) is 6.51. The zero-order valence-corrected chi connectivity index (χ0v) is 13.3. The van der Waals surface area contributed by atoms with Gasteiger partial charge < -0.3 is 4.74 Å². The molecule has 122 valence electrons. The second-order valence-corrected chi connectivity index (χ2v) is 5.15. The molecule has 7 nitrogen and oxygen atoms in total. The van der Waals surface area contributed by atoms with Crippen molar-refractivity contribution in [1.29, 1.82) is 0 Å². The summed E-state index contributed by atoms with van der Waals surface area (Å²) in [6.07, 6.45) is 0.702. The van der Waals surface area contributed by atoms with Gasteiger partial charge in [0.15, 0.2) is 0 Å². The number of carbonyl (C=O) groups excluding carboxylic acids is 2. The number of amides is 2. The van der Waals surface area contributed by atoms with Crippen molar-refractivity contribution >= 4 is 11.8 Å². The molecule has 3 N–H and O–H groups in total. The number of nitrogens with one attached hydrogen (secondary N) is 3. The summed E-state index contributed by atoms with van der Waals surface area (Å²) < 4.78 is 5.10. The van der Waals surface area contributed by atoms with Gasteiger partial charge in [0, 0.05) is 11.5 Å². The predicted octanol–water partition coefficient (Wildman–Crippen LogP) is 1.89. The zero-order chi connectivity index (χ0) is 16.8. The van der Waals surface area contributed by atoms with Crippen LogP contribution in [0.3, 0.4) is 0 Å². The van der Waals surface area contributed by atoms with Crippen LogP contribution in [0.5, 0.6) is 5.75 Å². The van der Waals surface area contributed by atoms with Gasteiger partial charge in [0.2, 0.25) is 5.91 Å². The molecule has 0 aliphatic rings. The lowest BCUT2D eigenvalue weighted by molar-refractivity contribution is -0.125. The first kappa shape index (κ1) is 16.5. The number of hydrazine groups is 1. The Morgan fingerprint density at radius 1 is 1.26 bits per heavy atom. The monoisotopic (exact) mass is 316 g/mol. The largest absolute Gasteiger partial charge is 0.497 e. The van der Waals surface area contributed by atoms with E-state index in [0.29, 0.717) is 12.1 Å². The van der Waals surface area contributed by atoms with E-state index in [2.05, 4.69) is 21.0 Å². The fraction of sp³-hybridized carbons (Fsp3) is 0.312. The number of hydrogen-bond acceptors (Lipinski definition) is 4. The smallest absolute Gasteiger partial charge is 0.287 e. The van der Waals surface area contributed by atoms with E-state index in [1.807, 2.05) is 31.2 Å². The summed E-state index contributed by atoms with van der Waals surface area (Å²) in [7, 11) is 1.60. The van der Waals surface area contributed by atoms with Crippen molar-refractivity contribution in [3.05, 3.63) is 36.0 Å². The topological polar surface area (TPSA) is 96.1 Å². The van der Waals surface area contributed by atoms with Gasteiger partial charge in [0.05, 0.1) is 12.8 Å². The minimum absolute atomic E-state index is 0.160. The van der Waals surface area contributed by atoms with Crippen molar-refractivity contribution in [3.8, 4) is 17.0 Å². The normalized spacial score (nSPS) is 11.6. The average molecular weight is 316 g/mol. The summed E-state index contributed by atoms with van der Waals surface area (Å²) in [4.78, 5) is 23.6. The molecule has 1 heterocycles. The Bertz CT molecular complexity index is 679. The molecular weight excluding hydrogens is 296 g/mol. The third-order valence-corrected chi connectivity index (χ3v) is 3.57. The highest BCUT2D eigenvalue weighted by molar-refractivity contribution is 5.94. The van der Waals surface area contributed by atoms with Crippen molar-refractivity contribution in [2.75, 3.05) is 7.11 Å². The van der Waals surface area contributed by atoms with Gasteiger partial charge >= 0.3 is 0 Å². The Balaban J connectivity index is 2.00. The van der Waals surface area contributed by atoms with Crippen molar-refractivity contribution in [2.45, 2.75) is 20.3 Å². The van der Waals surface area contributed by atoms with E-state index in [4.69, 9.17) is 4.74 Å². The number of rotatable bonds is 5. The molecule has 0 bridgehead atoms. The van der Waals surface area contributed by atoms with Crippen LogP contribution in [0.25, 0.3) is 11.3 Å². The van der Waals surface area contributed by atoms with Crippen molar-refractivity contribution in [2.24, 2.45) is 5.92 Å². The molecule has 1 aromatic heterocycles. The molecule has 0 spiro atoms. The number of ether oxygens (including phenoxy) is 1. The molecule has 7 heteroatoms. The summed E-state index contributed by atoms with van der Waals surface area (Å²) in [6, 6.07) is 8.95. The van der Waals surface area contributed by atoms with Crippen LogP contribution in [0, 0.1) is 5.92 Å². The van der Waals surface area contributed by atoms with Gasteiger partial charge in [-0.3, -0.25) is 25.5 Å². The Kier molecular flexibility index (Phi) is 5.35. The van der Waals surface area contributed by atoms with Gasteiger partial charge in [0.1, 0.15) is 11.4 Å². The number of methoxy groups -OCH3 is 1. The lowest BCUT2D eigenvalue weighted by atomic mass is 10.1. The molecular formula is C16H20N4O3. The van der Waals surface area contributed by atoms with Crippen LogP contribution in [-0.4, -0.2) is 29.1 Å². The molecule has 23 heavy (non-hydrogen) atoms. The molecule has 1 aromatic carbocycles. The summed E-state index contributed by atoms with van der Waals surface area (Å²) in [5, 5.41) is 6.76. The van der Waals surface area contributed by atoms with Crippen LogP contribution in [0.15, 0.2) is 30.3 Å². The Morgan fingerprint density at radius 3 is 2.57 bits per heavy atom. The van der Waals surface area contributed by atoms with Gasteiger partial charge in [-0.05, 0) is 36.8 Å². The van der Waals surface area contributed by atoms with E-state index in [1.165, 1.54) is 0 Å². The van der Waals surface area contributed by atoms with Crippen molar-refractivity contribution in [3.63, 3.8) is 0 Å². The van der Waals surface area contributed by atoms with E-state index in [1.54, 1.807) is 20.1 Å². The molecule has 0 radical (unpaired) electrons. The quantitative estimate of drug-likeness (QED) is 0.734. The average Bonchev–Trinajstić information content (AvgIpc) is 3.08. The Morgan fingerprint density at radius 2 is 1.96 bits per heavy atom. The maximum absolute atomic E-state index is 12.0. The van der Waals surface area contributed by atoms with Crippen LogP contribution in [0.1, 0.15) is 30.8 Å². The summed E-state index contributed by atoms with van der Waals surface area (Å²) >= 11 is 0. The summed E-state index contributed by atoms with van der Waals surface area (Å²) in [5.74, 6) is -0.0911. The van der Waals surface area contributed by atoms with E-state index in [-0.39, 0.29) is 17.5 Å². The van der Waals surface area contributed by atoms with Gasteiger partial charge in [-0.15, -0.1) is 0 Å². The molecule has 1 unspecified atom stereocenters. The van der Waals surface area contributed by atoms with Gasteiger partial charge in [0.25, 0.3) is 5.91 Å². The fourth-order valence-corrected chi connectivity index (χ4v) is 1.84. The van der Waals surface area contributed by atoms with Gasteiger partial charge in [-0.25, -0.2) is 0 Å². The predicted molar refractivity (Wildman–Crippen MR) is 85.6 cm³/mol. The minimum atomic E-state index is -0.450. The maximum Gasteiger partial charge on any atom is 0.287 e. The Labute approximate surface area is 134 Å². The standard InChI is InChI=1S/C16H20N4O3/c1-4-10(2)15(21)19-20-16(22)14-9-13(17-18-14)11-5-7-12(23-3)8-6-11/h5-10H,4H2,1-3H3,(H,17,18)(H,19,21)(H,20,22). The second-order valence-electron chi connectivity index (χ2n) is 5.15. The highest BCUT2D eigenvalue weighted by Gasteiger charge is 2.14. The molecule has 2 aromatic rings. The van der Waals surface area contributed by atoms with E-state index < -0.39 is 5.91 Å². The van der Waals surface area contributed by atoms with E-state index in [0.717, 1.165) is 11.3 Å². The lowest BCUT2D eigenvalue weighted by Crippen LogP contribution is -2.44. The maximum atomic E-state index is 12.0. The molecule has 0 fully saturated rings. The highest BCUT2D eigenvalue weighted by Crippen LogP contribution is 2.20. The van der Waals surface area contributed by atoms with Crippen molar-refractivity contribution < 1.29 is 14.3 Å². The number of nitrogens with zero attached hydrogens (tertiary/aromatic N) is 1. The van der Waals surface area contributed by atoms with Crippen LogP contribution in [0.4, 0.5) is 0 Å². The van der Waals surface area contributed by atoms with Crippen LogP contribution < -0.4 is 15.6 Å². The van der Waals surface area contributed by atoms with E-state index in [9.17, 15) is 9.59 Å². The Hall–Kier alpha value is -2.83. The lowest BCUT2D eigenvalue weighted by Gasteiger charge is -2.10. The van der Waals surface area contributed by atoms with Crippen molar-refractivity contribution in [1.82, 2.24) is 21.0 Å². The van der Waals surface area contributed by atoms with Gasteiger partial charge in [-0.2, -0.15) is 5.10 Å². The van der Waals surface area contributed by atoms with Crippen LogP contribution in [-0.2, 0) is 4.79 Å². The number of benzene rings is 1. The van der Waals surface area contributed by atoms with Crippen LogP contribution >= 0.6 is 0 Å². The number of aromatic nitrogens is 2. The van der Waals surface area contributed by atoms with Gasteiger partial charge in [-0.1, -0.05) is 13.8 Å². The molecule has 0 saturated heterocycles. The zero-order valence-electron chi connectivity index (χ0n) is 13.3. The minimum Gasteiger partial charge on any atom is -0.497 e.